The second-order valence-corrected chi connectivity index (χ2v) is 6.66. The van der Waals surface area contributed by atoms with Crippen LogP contribution < -0.4 is 15.5 Å². The van der Waals surface area contributed by atoms with Crippen LogP contribution in [0.5, 0.6) is 0 Å². The lowest BCUT2D eigenvalue weighted by atomic mass is 10.2. The molecule has 0 radical (unpaired) electrons. The number of rotatable bonds is 5. The summed E-state index contributed by atoms with van der Waals surface area (Å²) < 4.78 is 0. The molecule has 2 fully saturated rings. The molecule has 3 rings (SSSR count). The predicted molar refractivity (Wildman–Crippen MR) is 113 cm³/mol. The van der Waals surface area contributed by atoms with Crippen molar-refractivity contribution in [3.63, 3.8) is 0 Å². The molecule has 0 unspecified atom stereocenters. The zero-order chi connectivity index (χ0) is 16.1. The Kier molecular flexibility index (Phi) is 7.90. The molecular formula is C17H27ClIN5. The second kappa shape index (κ2) is 9.68. The van der Waals surface area contributed by atoms with Crippen LogP contribution in [0.4, 0.5) is 5.69 Å². The number of nitrogens with one attached hydrogen (secondary N) is 2. The van der Waals surface area contributed by atoms with Crippen molar-refractivity contribution in [2.75, 3.05) is 51.2 Å². The summed E-state index contributed by atoms with van der Waals surface area (Å²) in [7, 11) is 1.83. The van der Waals surface area contributed by atoms with E-state index in [1.165, 1.54) is 18.5 Å². The molecule has 7 heteroatoms. The Morgan fingerprint density at radius 3 is 2.62 bits per heavy atom. The third-order valence-electron chi connectivity index (χ3n) is 4.41. The summed E-state index contributed by atoms with van der Waals surface area (Å²) in [6, 6.07) is 8.77. The number of hydrogen-bond acceptors (Lipinski definition) is 3. The molecule has 0 amide bonds. The van der Waals surface area contributed by atoms with Gasteiger partial charge in [0.25, 0.3) is 0 Å². The van der Waals surface area contributed by atoms with Crippen molar-refractivity contribution in [3.05, 3.63) is 29.3 Å². The van der Waals surface area contributed by atoms with E-state index in [1.807, 2.05) is 25.2 Å². The van der Waals surface area contributed by atoms with Gasteiger partial charge in [0, 0.05) is 63.1 Å². The molecule has 1 saturated carbocycles. The van der Waals surface area contributed by atoms with Gasteiger partial charge in [0.2, 0.25) is 0 Å². The Bertz CT molecular complexity index is 542. The van der Waals surface area contributed by atoms with Crippen LogP contribution in [0.2, 0.25) is 5.02 Å². The highest BCUT2D eigenvalue weighted by molar-refractivity contribution is 14.0. The van der Waals surface area contributed by atoms with E-state index in [0.717, 1.165) is 50.3 Å². The van der Waals surface area contributed by atoms with Crippen LogP contribution in [0.25, 0.3) is 0 Å². The largest absolute Gasteiger partial charge is 0.369 e. The van der Waals surface area contributed by atoms with Crippen LogP contribution in [0.1, 0.15) is 12.8 Å². The summed E-state index contributed by atoms with van der Waals surface area (Å²) in [4.78, 5) is 9.17. The van der Waals surface area contributed by atoms with Crippen LogP contribution in [0.3, 0.4) is 0 Å². The van der Waals surface area contributed by atoms with Crippen molar-refractivity contribution in [2.45, 2.75) is 18.9 Å². The molecular weight excluding hydrogens is 437 g/mol. The van der Waals surface area contributed by atoms with Crippen molar-refractivity contribution in [3.8, 4) is 0 Å². The van der Waals surface area contributed by atoms with Gasteiger partial charge in [0.1, 0.15) is 0 Å². The first-order valence-corrected chi connectivity index (χ1v) is 8.82. The monoisotopic (exact) mass is 463 g/mol. The predicted octanol–water partition coefficient (Wildman–Crippen LogP) is 2.41. The number of anilines is 1. The highest BCUT2D eigenvalue weighted by Crippen LogP contribution is 2.20. The molecule has 0 bridgehead atoms. The molecule has 0 aromatic heterocycles. The summed E-state index contributed by atoms with van der Waals surface area (Å²) >= 11 is 6.08. The van der Waals surface area contributed by atoms with E-state index >= 15 is 0 Å². The van der Waals surface area contributed by atoms with Gasteiger partial charge in [-0.1, -0.05) is 17.7 Å². The van der Waals surface area contributed by atoms with E-state index in [1.54, 1.807) is 0 Å². The number of aliphatic imine (C=N–C) groups is 1. The van der Waals surface area contributed by atoms with E-state index in [9.17, 15) is 0 Å². The molecule has 5 nitrogen and oxygen atoms in total. The normalized spacial score (nSPS) is 18.9. The van der Waals surface area contributed by atoms with Crippen LogP contribution in [-0.4, -0.2) is 63.2 Å². The van der Waals surface area contributed by atoms with E-state index in [4.69, 9.17) is 11.6 Å². The average Bonchev–Trinajstić information content (AvgIpc) is 3.38. The van der Waals surface area contributed by atoms with Gasteiger partial charge in [0.05, 0.1) is 0 Å². The van der Waals surface area contributed by atoms with E-state index in [2.05, 4.69) is 31.5 Å². The van der Waals surface area contributed by atoms with Gasteiger partial charge in [-0.2, -0.15) is 0 Å². The maximum absolute atomic E-state index is 6.08. The quantitative estimate of drug-likeness (QED) is 0.400. The Morgan fingerprint density at radius 2 is 2.00 bits per heavy atom. The SMILES string of the molecule is CN=C(NCCN1CCN(c2cccc(Cl)c2)CC1)NC1CC1.I. The van der Waals surface area contributed by atoms with Gasteiger partial charge < -0.3 is 15.5 Å². The van der Waals surface area contributed by atoms with E-state index in [0.29, 0.717) is 6.04 Å². The summed E-state index contributed by atoms with van der Waals surface area (Å²) in [5.41, 5.74) is 1.23. The topological polar surface area (TPSA) is 42.9 Å². The van der Waals surface area contributed by atoms with Crippen LogP contribution in [-0.2, 0) is 0 Å². The molecule has 0 spiro atoms. The summed E-state index contributed by atoms with van der Waals surface area (Å²) in [5, 5.41) is 7.63. The van der Waals surface area contributed by atoms with Gasteiger partial charge >= 0.3 is 0 Å². The summed E-state index contributed by atoms with van der Waals surface area (Å²) in [6.45, 7) is 6.26. The molecule has 1 saturated heterocycles. The maximum atomic E-state index is 6.08. The third kappa shape index (κ3) is 5.97. The smallest absolute Gasteiger partial charge is 0.191 e. The summed E-state index contributed by atoms with van der Waals surface area (Å²) in [5.74, 6) is 0.935. The zero-order valence-electron chi connectivity index (χ0n) is 14.2. The van der Waals surface area contributed by atoms with E-state index < -0.39 is 0 Å². The minimum atomic E-state index is 0. The van der Waals surface area contributed by atoms with Gasteiger partial charge in [-0.05, 0) is 31.0 Å². The van der Waals surface area contributed by atoms with Crippen molar-refractivity contribution < 1.29 is 0 Å². The number of halogens is 2. The number of piperazine rings is 1. The molecule has 1 heterocycles. The van der Waals surface area contributed by atoms with Crippen molar-refractivity contribution >= 4 is 47.2 Å². The zero-order valence-corrected chi connectivity index (χ0v) is 17.3. The van der Waals surface area contributed by atoms with Gasteiger partial charge in [-0.15, -0.1) is 24.0 Å². The number of nitrogens with zero attached hydrogens (tertiary/aromatic N) is 3. The Morgan fingerprint density at radius 1 is 1.25 bits per heavy atom. The molecule has 1 aliphatic heterocycles. The Labute approximate surface area is 166 Å². The molecule has 24 heavy (non-hydrogen) atoms. The summed E-state index contributed by atoms with van der Waals surface area (Å²) in [6.07, 6.45) is 2.54. The molecule has 1 aliphatic carbocycles. The number of guanidine groups is 1. The van der Waals surface area contributed by atoms with Crippen LogP contribution in [0, 0.1) is 0 Å². The van der Waals surface area contributed by atoms with Crippen LogP contribution in [0.15, 0.2) is 29.3 Å². The Hall–Kier alpha value is -0.730. The number of benzene rings is 1. The first-order chi connectivity index (χ1) is 11.2. The minimum absolute atomic E-state index is 0. The fraction of sp³-hybridized carbons (Fsp3) is 0.588. The van der Waals surface area contributed by atoms with Gasteiger partial charge in [-0.25, -0.2) is 0 Å². The fourth-order valence-electron chi connectivity index (χ4n) is 2.85. The first-order valence-electron chi connectivity index (χ1n) is 8.44. The van der Waals surface area contributed by atoms with E-state index in [-0.39, 0.29) is 24.0 Å². The lowest BCUT2D eigenvalue weighted by Crippen LogP contribution is -2.49. The molecule has 1 aromatic rings. The standard InChI is InChI=1S/C17H26ClN5.HI/c1-19-17(21-15-5-6-15)20-7-8-22-9-11-23(12-10-22)16-4-2-3-14(18)13-16;/h2-4,13,15H,5-12H2,1H3,(H2,19,20,21);1H. The highest BCUT2D eigenvalue weighted by Gasteiger charge is 2.22. The first kappa shape index (κ1) is 19.6. The lowest BCUT2D eigenvalue weighted by Gasteiger charge is -2.36. The van der Waals surface area contributed by atoms with Crippen LogP contribution >= 0.6 is 35.6 Å². The molecule has 2 N–H and O–H groups in total. The molecule has 0 atom stereocenters. The number of hydrogen-bond donors (Lipinski definition) is 2. The van der Waals surface area contributed by atoms with Crippen molar-refractivity contribution in [1.29, 1.82) is 0 Å². The van der Waals surface area contributed by atoms with Crippen molar-refractivity contribution in [1.82, 2.24) is 15.5 Å². The molecule has 2 aliphatic rings. The van der Waals surface area contributed by atoms with Gasteiger partial charge in [0.15, 0.2) is 5.96 Å². The van der Waals surface area contributed by atoms with Gasteiger partial charge in [-0.3, -0.25) is 9.89 Å². The maximum Gasteiger partial charge on any atom is 0.191 e. The second-order valence-electron chi connectivity index (χ2n) is 6.23. The minimum Gasteiger partial charge on any atom is -0.369 e. The molecule has 134 valence electrons. The molecule has 1 aromatic carbocycles. The Balaban J connectivity index is 0.00000208. The lowest BCUT2D eigenvalue weighted by molar-refractivity contribution is 0.261. The van der Waals surface area contributed by atoms with Crippen molar-refractivity contribution in [2.24, 2.45) is 4.99 Å². The fourth-order valence-corrected chi connectivity index (χ4v) is 3.04. The highest BCUT2D eigenvalue weighted by atomic mass is 127. The third-order valence-corrected chi connectivity index (χ3v) is 4.64. The average molecular weight is 464 g/mol.